The number of aliphatic hydroxyl groups excluding tert-OH is 1. The van der Waals surface area contributed by atoms with Gasteiger partial charge in [0.1, 0.15) is 29.7 Å². The molecular weight excluding hydrogens is 732 g/mol. The van der Waals surface area contributed by atoms with Gasteiger partial charge >= 0.3 is 11.9 Å². The number of imide groups is 1. The number of hydrogen-bond acceptors (Lipinski definition) is 14. The first-order valence-corrected chi connectivity index (χ1v) is 19.5. The number of hydroxylamine groups is 2. The molecule has 4 aliphatic heterocycles. The van der Waals surface area contributed by atoms with E-state index in [-0.39, 0.29) is 81.4 Å². The van der Waals surface area contributed by atoms with Crippen LogP contribution in [0.4, 0.5) is 0 Å². The number of aliphatic hydroxyl groups is 1. The molecule has 0 aromatic carbocycles. The van der Waals surface area contributed by atoms with Gasteiger partial charge in [0.05, 0.1) is 57.2 Å². The molecule has 9 atom stereocenters. The summed E-state index contributed by atoms with van der Waals surface area (Å²) in [6.07, 6.45) is 8.92. The highest BCUT2D eigenvalue weighted by Crippen LogP contribution is 2.43. The zero-order valence-corrected chi connectivity index (χ0v) is 33.1. The summed E-state index contributed by atoms with van der Waals surface area (Å²) in [5.41, 5.74) is 0.263. The minimum absolute atomic E-state index is 0.0253. The maximum atomic E-state index is 12.8. The number of nitrogens with one attached hydrogen (secondary N) is 1. The lowest BCUT2D eigenvalue weighted by molar-refractivity contribution is -0.198. The van der Waals surface area contributed by atoms with Crippen LogP contribution in [0, 0.1) is 5.92 Å². The van der Waals surface area contributed by atoms with Gasteiger partial charge in [-0.1, -0.05) is 30.7 Å². The molecule has 1 spiro atoms. The summed E-state index contributed by atoms with van der Waals surface area (Å²) in [7, 11) is 0. The van der Waals surface area contributed by atoms with Gasteiger partial charge in [0.25, 0.3) is 11.8 Å². The van der Waals surface area contributed by atoms with Crippen molar-refractivity contribution in [3.8, 4) is 0 Å². The number of epoxide rings is 1. The molecule has 4 fully saturated rings. The van der Waals surface area contributed by atoms with Crippen LogP contribution in [0.25, 0.3) is 0 Å². The van der Waals surface area contributed by atoms with Crippen molar-refractivity contribution < 1.29 is 67.1 Å². The average molecular weight is 791 g/mol. The first-order chi connectivity index (χ1) is 26.7. The monoisotopic (exact) mass is 790 g/mol. The third-order valence-corrected chi connectivity index (χ3v) is 10.1. The predicted molar refractivity (Wildman–Crippen MR) is 198 cm³/mol. The lowest BCUT2D eigenvalue weighted by atomic mass is 9.86. The van der Waals surface area contributed by atoms with Crippen molar-refractivity contribution in [2.75, 3.05) is 33.0 Å². The van der Waals surface area contributed by atoms with Crippen LogP contribution in [0.2, 0.25) is 0 Å². The molecule has 3 amide bonds. The maximum absolute atomic E-state index is 12.8. The molecule has 0 aromatic rings. The Kier molecular flexibility index (Phi) is 17.4. The van der Waals surface area contributed by atoms with Gasteiger partial charge < -0.3 is 43.7 Å². The quantitative estimate of drug-likeness (QED) is 0.0429. The number of carbonyl (C=O) groups excluding carboxylic acids is 6. The lowest BCUT2D eigenvalue weighted by Gasteiger charge is -2.39. The Balaban J connectivity index is 1.11. The largest absolute Gasteiger partial charge is 0.459 e. The van der Waals surface area contributed by atoms with E-state index in [4.69, 9.17) is 33.3 Å². The summed E-state index contributed by atoms with van der Waals surface area (Å²) in [5.74, 6) is -2.27. The van der Waals surface area contributed by atoms with Crippen LogP contribution in [-0.2, 0) is 62.0 Å². The Morgan fingerprint density at radius 3 is 2.38 bits per heavy atom. The number of rotatable bonds is 21. The second-order valence-electron chi connectivity index (χ2n) is 15.0. The fourth-order valence-electron chi connectivity index (χ4n) is 6.90. The summed E-state index contributed by atoms with van der Waals surface area (Å²) in [6.45, 7) is 10.3. The van der Waals surface area contributed by atoms with E-state index in [9.17, 15) is 33.9 Å². The van der Waals surface area contributed by atoms with E-state index in [1.807, 2.05) is 26.0 Å². The van der Waals surface area contributed by atoms with Gasteiger partial charge in [0.15, 0.2) is 0 Å². The standard InChI is InChI=1S/C40H58N2O14/c1-25(8-11-33-26(2)21-32(28(4)54-33)41-35(45)13-10-27(3)53-29(5)43)9-12-34-39(49)40(24-52-40)23-31(55-34)22-30(44)7-6-17-50-19-20-51-18-16-38(48)56-42-36(46)14-15-37(42)47/h8-10,12-13,26-28,31-34,39,49H,6-7,11,14-24H2,1-5H3,(H,41,45)/b12-9+,13-10-,25-8+/t26-,27-,28+,31+,32+,33-,34+,39+,40+/m0/s1. The van der Waals surface area contributed by atoms with E-state index in [0.717, 1.165) is 12.0 Å². The van der Waals surface area contributed by atoms with Crippen molar-refractivity contribution in [1.82, 2.24) is 10.4 Å². The molecular formula is C40H58N2O14. The first kappa shape index (κ1) is 44.9. The molecule has 4 rings (SSSR count). The van der Waals surface area contributed by atoms with Crippen molar-refractivity contribution >= 4 is 35.4 Å². The second kappa shape index (κ2) is 21.6. The summed E-state index contributed by atoms with van der Waals surface area (Å²) in [4.78, 5) is 75.9. The van der Waals surface area contributed by atoms with E-state index >= 15 is 0 Å². The normalized spacial score (nSPS) is 29.9. The number of hydrogen-bond donors (Lipinski definition) is 2. The number of Topliss-reactive ketones (excluding diaryl/α,β-unsaturated/α-hetero) is 1. The summed E-state index contributed by atoms with van der Waals surface area (Å²) in [6, 6.07) is -0.156. The van der Waals surface area contributed by atoms with E-state index in [1.54, 1.807) is 6.92 Å². The molecule has 0 unspecified atom stereocenters. The van der Waals surface area contributed by atoms with Gasteiger partial charge in [-0.3, -0.25) is 24.0 Å². The molecule has 0 aromatic heterocycles. The number of amides is 3. The highest BCUT2D eigenvalue weighted by molar-refractivity contribution is 6.01. The molecule has 0 bridgehead atoms. The Morgan fingerprint density at radius 1 is 1.00 bits per heavy atom. The molecule has 16 heteroatoms. The van der Waals surface area contributed by atoms with E-state index < -0.39 is 53.8 Å². The summed E-state index contributed by atoms with van der Waals surface area (Å²) < 4.78 is 34.1. The highest BCUT2D eigenvalue weighted by atomic mass is 16.7. The molecule has 2 N–H and O–H groups in total. The fraction of sp³-hybridized carbons (Fsp3) is 0.700. The van der Waals surface area contributed by atoms with Gasteiger partial charge in [-0.25, -0.2) is 4.79 Å². The maximum Gasteiger partial charge on any atom is 0.335 e. The van der Waals surface area contributed by atoms with Crippen molar-refractivity contribution in [3.05, 3.63) is 36.0 Å². The zero-order valence-electron chi connectivity index (χ0n) is 33.1. The molecule has 312 valence electrons. The van der Waals surface area contributed by atoms with Crippen molar-refractivity contribution in [2.24, 2.45) is 5.92 Å². The lowest BCUT2D eigenvalue weighted by Crippen LogP contribution is -2.50. The third kappa shape index (κ3) is 14.3. The van der Waals surface area contributed by atoms with Gasteiger partial charge in [0.2, 0.25) is 5.91 Å². The summed E-state index contributed by atoms with van der Waals surface area (Å²) in [5, 5.41) is 14.5. The minimum atomic E-state index is -0.855. The Labute approximate surface area is 328 Å². The topological polar surface area (TPSA) is 206 Å². The SMILES string of the molecule is CC(=O)O[C@@H](C)/C=C\C(=O)N[C@@H]1C[C@H](C)[C@H](C/C=C(C)/C=C/[C@H]2O[C@H](CC(=O)CCCOCCOCCC(=O)ON3C(=O)CCC3=O)C[C@@]3(CO3)[C@@H]2O)O[C@@H]1C. The Bertz CT molecular complexity index is 1470. The van der Waals surface area contributed by atoms with E-state index in [1.165, 1.54) is 19.1 Å². The number of carbonyl (C=O) groups is 6. The molecule has 56 heavy (non-hydrogen) atoms. The van der Waals surface area contributed by atoms with E-state index in [2.05, 4.69) is 18.3 Å². The Morgan fingerprint density at radius 2 is 1.70 bits per heavy atom. The molecule has 4 saturated heterocycles. The van der Waals surface area contributed by atoms with Crippen LogP contribution in [0.15, 0.2) is 36.0 Å². The predicted octanol–water partition coefficient (Wildman–Crippen LogP) is 2.74. The van der Waals surface area contributed by atoms with Crippen LogP contribution in [0.3, 0.4) is 0 Å². The Hall–Kier alpha value is -3.80. The summed E-state index contributed by atoms with van der Waals surface area (Å²) >= 11 is 0. The number of ketones is 1. The fourth-order valence-corrected chi connectivity index (χ4v) is 6.90. The van der Waals surface area contributed by atoms with Crippen LogP contribution in [0.1, 0.15) is 92.4 Å². The highest BCUT2D eigenvalue weighted by Gasteiger charge is 2.58. The van der Waals surface area contributed by atoms with Gasteiger partial charge in [-0.2, -0.15) is 0 Å². The third-order valence-electron chi connectivity index (χ3n) is 10.1. The van der Waals surface area contributed by atoms with Crippen molar-refractivity contribution in [1.29, 1.82) is 0 Å². The number of ether oxygens (including phenoxy) is 6. The van der Waals surface area contributed by atoms with Crippen molar-refractivity contribution in [2.45, 2.75) is 141 Å². The number of esters is 1. The van der Waals surface area contributed by atoms with Crippen LogP contribution >= 0.6 is 0 Å². The molecule has 0 radical (unpaired) electrons. The number of allylic oxidation sites excluding steroid dienone is 2. The zero-order chi connectivity index (χ0) is 40.8. The smallest absolute Gasteiger partial charge is 0.335 e. The van der Waals surface area contributed by atoms with Gasteiger partial charge in [0, 0.05) is 51.7 Å². The molecule has 4 heterocycles. The van der Waals surface area contributed by atoms with Crippen LogP contribution in [-0.4, -0.2) is 127 Å². The molecule has 4 aliphatic rings. The van der Waals surface area contributed by atoms with Crippen molar-refractivity contribution in [3.63, 3.8) is 0 Å². The first-order valence-electron chi connectivity index (χ1n) is 19.5. The molecule has 16 nitrogen and oxygen atoms in total. The van der Waals surface area contributed by atoms with Crippen LogP contribution < -0.4 is 5.32 Å². The van der Waals surface area contributed by atoms with E-state index in [0.29, 0.717) is 44.0 Å². The molecule has 0 aliphatic carbocycles. The second-order valence-corrected chi connectivity index (χ2v) is 15.0. The number of nitrogens with zero attached hydrogens (tertiary/aromatic N) is 1. The minimum Gasteiger partial charge on any atom is -0.459 e. The van der Waals surface area contributed by atoms with Gasteiger partial charge in [-0.15, -0.1) is 5.06 Å². The van der Waals surface area contributed by atoms with Crippen LogP contribution in [0.5, 0.6) is 0 Å². The average Bonchev–Trinajstić information content (AvgIpc) is 3.84. The van der Waals surface area contributed by atoms with Gasteiger partial charge in [-0.05, 0) is 52.0 Å². The molecule has 0 saturated carbocycles.